The average molecular weight is 487 g/mol. The molecule has 1 aliphatic heterocycles. The number of hydrogen-bond donors (Lipinski definition) is 2. The molecule has 5 rings (SSSR count). The third kappa shape index (κ3) is 5.18. The van der Waals surface area contributed by atoms with E-state index in [2.05, 4.69) is 31.9 Å². The van der Waals surface area contributed by atoms with Crippen LogP contribution >= 0.6 is 0 Å². The molecule has 0 radical (unpaired) electrons. The molecule has 3 heterocycles. The van der Waals surface area contributed by atoms with E-state index in [1.807, 2.05) is 37.3 Å². The van der Waals surface area contributed by atoms with Crippen molar-refractivity contribution in [2.24, 2.45) is 0 Å². The number of nitrogens with zero attached hydrogens (tertiary/aromatic N) is 4. The molecule has 6 bridgehead atoms. The normalized spacial score (nSPS) is 20.2. The quantitative estimate of drug-likeness (QED) is 0.525. The van der Waals surface area contributed by atoms with Crippen LogP contribution in [0.4, 0.5) is 5.82 Å². The Bertz CT molecular complexity index is 1300. The number of nitriles is 1. The van der Waals surface area contributed by atoms with Crippen LogP contribution in [0.2, 0.25) is 0 Å². The van der Waals surface area contributed by atoms with Crippen molar-refractivity contribution in [3.05, 3.63) is 47.8 Å². The van der Waals surface area contributed by atoms with Gasteiger partial charge in [-0.2, -0.15) is 10.4 Å². The van der Waals surface area contributed by atoms with Gasteiger partial charge in [0.05, 0.1) is 41.4 Å². The van der Waals surface area contributed by atoms with Crippen molar-refractivity contribution in [2.75, 3.05) is 25.1 Å². The standard InChI is InChI=1S/C27H30N6O3/c1-18-19-7-6-8-20(13-19)35-12-5-3-2-4-11-29-24(34)16-36-26-22-15-30-33-25(31-18)21(22)14-23(32-26)27(17-28)9-10-27/h6-8,13-15,18H,2-5,9-12,16H2,1H3,(H,29,34)(H,31,33)/t18-/m1/s1. The molecule has 36 heavy (non-hydrogen) atoms. The highest BCUT2D eigenvalue weighted by Gasteiger charge is 2.47. The Kier molecular flexibility index (Phi) is 6.85. The molecule has 1 aromatic carbocycles. The van der Waals surface area contributed by atoms with E-state index < -0.39 is 5.41 Å². The minimum atomic E-state index is -0.625. The van der Waals surface area contributed by atoms with Crippen LogP contribution in [0.15, 0.2) is 36.5 Å². The lowest BCUT2D eigenvalue weighted by molar-refractivity contribution is -0.123. The van der Waals surface area contributed by atoms with E-state index in [9.17, 15) is 10.1 Å². The predicted octanol–water partition coefficient (Wildman–Crippen LogP) is 4.20. The molecule has 1 saturated carbocycles. The molecular formula is C27H30N6O3. The van der Waals surface area contributed by atoms with Gasteiger partial charge in [0.25, 0.3) is 5.91 Å². The van der Waals surface area contributed by atoms with E-state index >= 15 is 0 Å². The first kappa shape index (κ1) is 23.8. The monoisotopic (exact) mass is 486 g/mol. The second-order valence-electron chi connectivity index (χ2n) is 9.50. The number of ether oxygens (including phenoxy) is 2. The number of rotatable bonds is 1. The Morgan fingerprint density at radius 2 is 1.97 bits per heavy atom. The molecule has 0 saturated heterocycles. The van der Waals surface area contributed by atoms with Crippen molar-refractivity contribution in [3.8, 4) is 17.7 Å². The van der Waals surface area contributed by atoms with Crippen LogP contribution < -0.4 is 20.1 Å². The smallest absolute Gasteiger partial charge is 0.258 e. The second kappa shape index (κ2) is 10.4. The lowest BCUT2D eigenvalue weighted by Crippen LogP contribution is -2.30. The number of anilines is 1. The maximum Gasteiger partial charge on any atom is 0.258 e. The SMILES string of the molecule is C[C@H]1Nc2nncc3c(nc(C4(C#N)CC4)cc23)OCC(=O)NCCCCCCOc2cccc1c2. The number of carbonyl (C=O) groups is 1. The van der Waals surface area contributed by atoms with Crippen LogP contribution in [-0.4, -0.2) is 40.8 Å². The van der Waals surface area contributed by atoms with Crippen molar-refractivity contribution in [3.63, 3.8) is 0 Å². The van der Waals surface area contributed by atoms with Crippen LogP contribution in [0, 0.1) is 11.3 Å². The fourth-order valence-corrected chi connectivity index (χ4v) is 4.41. The number of carbonyl (C=O) groups excluding carboxylic acids is 1. The van der Waals surface area contributed by atoms with Crippen molar-refractivity contribution in [2.45, 2.75) is 56.9 Å². The third-order valence-electron chi connectivity index (χ3n) is 6.79. The zero-order valence-electron chi connectivity index (χ0n) is 20.4. The molecule has 1 aliphatic carbocycles. The number of benzene rings is 1. The summed E-state index contributed by atoms with van der Waals surface area (Å²) in [4.78, 5) is 17.1. The van der Waals surface area contributed by atoms with Crippen molar-refractivity contribution >= 4 is 22.5 Å². The van der Waals surface area contributed by atoms with Crippen molar-refractivity contribution in [1.29, 1.82) is 5.26 Å². The summed E-state index contributed by atoms with van der Waals surface area (Å²) in [5.74, 6) is 1.47. The Hall–Kier alpha value is -3.93. The minimum Gasteiger partial charge on any atom is -0.494 e. The largest absolute Gasteiger partial charge is 0.494 e. The molecule has 2 N–H and O–H groups in total. The van der Waals surface area contributed by atoms with Gasteiger partial charge in [0, 0.05) is 11.9 Å². The zero-order valence-corrected chi connectivity index (χ0v) is 20.4. The summed E-state index contributed by atoms with van der Waals surface area (Å²) >= 11 is 0. The van der Waals surface area contributed by atoms with Gasteiger partial charge in [0.15, 0.2) is 12.4 Å². The van der Waals surface area contributed by atoms with Crippen LogP contribution in [0.5, 0.6) is 11.6 Å². The Labute approximate surface area is 210 Å². The lowest BCUT2D eigenvalue weighted by Gasteiger charge is -2.19. The van der Waals surface area contributed by atoms with E-state index in [1.165, 1.54) is 0 Å². The Morgan fingerprint density at radius 1 is 1.11 bits per heavy atom. The summed E-state index contributed by atoms with van der Waals surface area (Å²) in [6, 6.07) is 12.3. The first-order valence-electron chi connectivity index (χ1n) is 12.5. The topological polar surface area (TPSA) is 122 Å². The molecule has 2 aliphatic rings. The first-order valence-corrected chi connectivity index (χ1v) is 12.5. The molecule has 1 fully saturated rings. The highest BCUT2D eigenvalue weighted by Crippen LogP contribution is 2.48. The average Bonchev–Trinajstić information content (AvgIpc) is 3.70. The highest BCUT2D eigenvalue weighted by molar-refractivity contribution is 5.95. The van der Waals surface area contributed by atoms with Crippen LogP contribution in [0.25, 0.3) is 10.8 Å². The summed E-state index contributed by atoms with van der Waals surface area (Å²) in [6.07, 6.45) is 6.97. The number of hydrogen-bond acceptors (Lipinski definition) is 8. The summed E-state index contributed by atoms with van der Waals surface area (Å²) in [5, 5.41) is 26.1. The van der Waals surface area contributed by atoms with E-state index in [4.69, 9.17) is 9.47 Å². The Balaban J connectivity index is 1.53. The van der Waals surface area contributed by atoms with Crippen LogP contribution in [0.3, 0.4) is 0 Å². The highest BCUT2D eigenvalue weighted by atomic mass is 16.5. The van der Waals surface area contributed by atoms with Gasteiger partial charge in [0.2, 0.25) is 5.88 Å². The number of nitrogens with one attached hydrogen (secondary N) is 2. The molecule has 1 atom stereocenters. The number of aromatic nitrogens is 3. The number of fused-ring (bicyclic) bond motifs is 2. The molecule has 9 heteroatoms. The third-order valence-corrected chi connectivity index (χ3v) is 6.79. The molecule has 0 spiro atoms. The summed E-state index contributed by atoms with van der Waals surface area (Å²) in [6.45, 7) is 3.13. The molecular weight excluding hydrogens is 456 g/mol. The minimum absolute atomic E-state index is 0.0864. The van der Waals surface area contributed by atoms with Gasteiger partial charge in [-0.25, -0.2) is 4.98 Å². The van der Waals surface area contributed by atoms with Gasteiger partial charge >= 0.3 is 0 Å². The van der Waals surface area contributed by atoms with Gasteiger partial charge < -0.3 is 20.1 Å². The summed E-state index contributed by atoms with van der Waals surface area (Å²) in [7, 11) is 0. The van der Waals surface area contributed by atoms with E-state index in [0.29, 0.717) is 30.0 Å². The maximum atomic E-state index is 12.4. The van der Waals surface area contributed by atoms with E-state index in [-0.39, 0.29) is 24.4 Å². The summed E-state index contributed by atoms with van der Waals surface area (Å²) < 4.78 is 11.9. The lowest BCUT2D eigenvalue weighted by atomic mass is 10.0. The van der Waals surface area contributed by atoms with E-state index in [0.717, 1.165) is 55.2 Å². The molecule has 9 nitrogen and oxygen atoms in total. The Morgan fingerprint density at radius 3 is 2.81 bits per heavy atom. The van der Waals surface area contributed by atoms with Gasteiger partial charge in [-0.05, 0) is 56.4 Å². The maximum absolute atomic E-state index is 12.4. The molecule has 2 aromatic heterocycles. The predicted molar refractivity (Wildman–Crippen MR) is 135 cm³/mol. The number of amides is 1. The van der Waals surface area contributed by atoms with Gasteiger partial charge in [-0.3, -0.25) is 4.79 Å². The first-order chi connectivity index (χ1) is 17.6. The fourth-order valence-electron chi connectivity index (χ4n) is 4.41. The van der Waals surface area contributed by atoms with Gasteiger partial charge in [-0.15, -0.1) is 5.10 Å². The molecule has 1 amide bonds. The molecule has 0 unspecified atom stereocenters. The van der Waals surface area contributed by atoms with E-state index in [1.54, 1.807) is 6.20 Å². The van der Waals surface area contributed by atoms with Crippen LogP contribution in [-0.2, 0) is 10.2 Å². The van der Waals surface area contributed by atoms with Gasteiger partial charge in [-0.1, -0.05) is 25.0 Å². The van der Waals surface area contributed by atoms with Gasteiger partial charge in [0.1, 0.15) is 5.75 Å². The zero-order chi connectivity index (χ0) is 25.0. The van der Waals surface area contributed by atoms with Crippen molar-refractivity contribution in [1.82, 2.24) is 20.5 Å². The molecule has 3 aromatic rings. The molecule has 186 valence electrons. The second-order valence-corrected chi connectivity index (χ2v) is 9.50. The van der Waals surface area contributed by atoms with Crippen molar-refractivity contribution < 1.29 is 14.3 Å². The summed E-state index contributed by atoms with van der Waals surface area (Å²) in [5.41, 5.74) is 1.06. The number of pyridine rings is 1. The van der Waals surface area contributed by atoms with Crippen LogP contribution in [0.1, 0.15) is 62.7 Å². The fraction of sp³-hybridized carbons (Fsp3) is 0.444.